The van der Waals surface area contributed by atoms with Crippen molar-refractivity contribution in [3.63, 3.8) is 0 Å². The van der Waals surface area contributed by atoms with E-state index in [0.717, 1.165) is 42.4 Å². The summed E-state index contributed by atoms with van der Waals surface area (Å²) in [6, 6.07) is 30.2. The molecular weight excluding hydrogens is 404 g/mol. The molecule has 0 aliphatic carbocycles. The van der Waals surface area contributed by atoms with Crippen LogP contribution < -0.4 is 0 Å². The molecule has 0 saturated heterocycles. The fourth-order valence-corrected chi connectivity index (χ4v) is 4.64. The van der Waals surface area contributed by atoms with Gasteiger partial charge in [-0.3, -0.25) is 9.59 Å². The maximum absolute atomic E-state index is 14.2. The van der Waals surface area contributed by atoms with E-state index in [1.807, 2.05) is 66.7 Å². The molecule has 0 spiro atoms. The molecule has 2 unspecified atom stereocenters. The molecule has 0 heterocycles. The molecule has 3 aromatic carbocycles. The van der Waals surface area contributed by atoms with Gasteiger partial charge >= 0.3 is 0 Å². The Morgan fingerprint density at radius 3 is 1.88 bits per heavy atom. The van der Waals surface area contributed by atoms with E-state index in [9.17, 15) is 9.59 Å². The summed E-state index contributed by atoms with van der Waals surface area (Å²) in [5, 5.41) is 0. The van der Waals surface area contributed by atoms with Crippen molar-refractivity contribution in [2.24, 2.45) is 11.3 Å². The van der Waals surface area contributed by atoms with Gasteiger partial charge in [-0.05, 0) is 48.8 Å². The van der Waals surface area contributed by atoms with Crippen molar-refractivity contribution >= 4 is 12.1 Å². The molecule has 0 amide bonds. The van der Waals surface area contributed by atoms with E-state index in [4.69, 9.17) is 0 Å². The van der Waals surface area contributed by atoms with E-state index in [1.54, 1.807) is 0 Å². The van der Waals surface area contributed by atoms with Gasteiger partial charge in [0, 0.05) is 5.92 Å². The molecule has 0 bridgehead atoms. The molecule has 0 N–H and O–H groups in total. The van der Waals surface area contributed by atoms with E-state index in [2.05, 4.69) is 37.5 Å². The smallest absolute Gasteiger partial charge is 0.213 e. The molecule has 3 aromatic rings. The standard InChI is InChI=1S/C31H35O2/c1-2-3-7-20-29(23-27-16-10-5-11-17-27)30(33)31(25-32,24-28-18-12-6-13-19-28)22-21-26-14-8-4-9-15-26/h4-6,8-19,29H,2-3,7,20-24H2,1H3. The van der Waals surface area contributed by atoms with Crippen LogP contribution in [-0.2, 0) is 28.9 Å². The number of aryl methyl sites for hydroxylation is 1. The van der Waals surface area contributed by atoms with Crippen molar-refractivity contribution in [2.75, 3.05) is 0 Å². The highest BCUT2D eigenvalue weighted by atomic mass is 16.1. The van der Waals surface area contributed by atoms with E-state index in [-0.39, 0.29) is 11.7 Å². The summed E-state index contributed by atoms with van der Waals surface area (Å²) in [5.41, 5.74) is 2.16. The van der Waals surface area contributed by atoms with Gasteiger partial charge < -0.3 is 0 Å². The predicted octanol–water partition coefficient (Wildman–Crippen LogP) is 6.97. The van der Waals surface area contributed by atoms with Crippen LogP contribution in [0.15, 0.2) is 91.0 Å². The SMILES string of the molecule is CCCCCC(Cc1ccccc1)C(=O)C([C]=O)(CCc1ccccc1)Cc1ccccc1. The van der Waals surface area contributed by atoms with Gasteiger partial charge in [0.25, 0.3) is 0 Å². The number of rotatable bonds is 14. The first kappa shape index (κ1) is 24.6. The van der Waals surface area contributed by atoms with Crippen LogP contribution in [0.3, 0.4) is 0 Å². The lowest BCUT2D eigenvalue weighted by atomic mass is 9.69. The third kappa shape index (κ3) is 7.25. The Kier molecular flexibility index (Phi) is 9.62. The number of hydrogen-bond acceptors (Lipinski definition) is 2. The number of unbranched alkanes of at least 4 members (excludes halogenated alkanes) is 2. The maximum atomic E-state index is 14.2. The highest BCUT2D eigenvalue weighted by Gasteiger charge is 2.42. The van der Waals surface area contributed by atoms with Crippen molar-refractivity contribution in [2.45, 2.75) is 58.3 Å². The quantitative estimate of drug-likeness (QED) is 0.201. The van der Waals surface area contributed by atoms with E-state index in [0.29, 0.717) is 25.7 Å². The Balaban J connectivity index is 1.91. The number of Topliss-reactive ketones (excluding diaryl/α,β-unsaturated/α-hetero) is 1. The molecule has 0 saturated carbocycles. The molecule has 0 aliphatic rings. The van der Waals surface area contributed by atoms with Crippen molar-refractivity contribution in [1.82, 2.24) is 0 Å². The maximum Gasteiger partial charge on any atom is 0.213 e. The Hall–Kier alpha value is -3.00. The zero-order valence-corrected chi connectivity index (χ0v) is 19.7. The molecule has 0 fully saturated rings. The molecule has 1 radical (unpaired) electrons. The van der Waals surface area contributed by atoms with Crippen LogP contribution in [0.1, 0.15) is 55.7 Å². The van der Waals surface area contributed by atoms with Crippen LogP contribution in [0.5, 0.6) is 0 Å². The summed E-state index contributed by atoms with van der Waals surface area (Å²) < 4.78 is 0. The zero-order chi connectivity index (χ0) is 23.4. The first-order valence-electron chi connectivity index (χ1n) is 12.2. The van der Waals surface area contributed by atoms with E-state index >= 15 is 0 Å². The molecule has 2 heteroatoms. The van der Waals surface area contributed by atoms with Crippen molar-refractivity contribution in [1.29, 1.82) is 0 Å². The molecular formula is C31H35O2. The van der Waals surface area contributed by atoms with Crippen LogP contribution in [-0.4, -0.2) is 12.1 Å². The minimum absolute atomic E-state index is 0.0530. The third-order valence-electron chi connectivity index (χ3n) is 6.55. The average Bonchev–Trinajstić information content (AvgIpc) is 2.87. The van der Waals surface area contributed by atoms with Gasteiger partial charge in [-0.25, -0.2) is 0 Å². The molecule has 0 aliphatic heterocycles. The lowest BCUT2D eigenvalue weighted by Crippen LogP contribution is -2.41. The number of carbonyl (C=O) groups is 1. The molecule has 2 nitrogen and oxygen atoms in total. The molecule has 0 aromatic heterocycles. The van der Waals surface area contributed by atoms with Crippen molar-refractivity contribution < 1.29 is 9.59 Å². The van der Waals surface area contributed by atoms with Crippen LogP contribution in [0.4, 0.5) is 0 Å². The molecule has 33 heavy (non-hydrogen) atoms. The van der Waals surface area contributed by atoms with Gasteiger partial charge in [-0.15, -0.1) is 0 Å². The Morgan fingerprint density at radius 1 is 0.788 bits per heavy atom. The fourth-order valence-electron chi connectivity index (χ4n) is 4.64. The zero-order valence-electron chi connectivity index (χ0n) is 19.7. The molecule has 2 atom stereocenters. The predicted molar refractivity (Wildman–Crippen MR) is 136 cm³/mol. The van der Waals surface area contributed by atoms with Crippen LogP contribution >= 0.6 is 0 Å². The number of benzene rings is 3. The van der Waals surface area contributed by atoms with Crippen LogP contribution in [0.2, 0.25) is 0 Å². The summed E-state index contributed by atoms with van der Waals surface area (Å²) in [4.78, 5) is 26.8. The van der Waals surface area contributed by atoms with Crippen LogP contribution in [0, 0.1) is 11.3 Å². The summed E-state index contributed by atoms with van der Waals surface area (Å²) in [5.74, 6) is -0.128. The fraction of sp³-hybridized carbons (Fsp3) is 0.355. The topological polar surface area (TPSA) is 34.1 Å². The van der Waals surface area contributed by atoms with Gasteiger partial charge in [0.1, 0.15) is 0 Å². The second-order valence-electron chi connectivity index (χ2n) is 9.08. The lowest BCUT2D eigenvalue weighted by molar-refractivity contribution is -0.130. The van der Waals surface area contributed by atoms with Gasteiger partial charge in [-0.1, -0.05) is 117 Å². The van der Waals surface area contributed by atoms with Crippen LogP contribution in [0.25, 0.3) is 0 Å². The largest absolute Gasteiger partial charge is 0.298 e. The summed E-state index contributed by atoms with van der Waals surface area (Å²) >= 11 is 0. The van der Waals surface area contributed by atoms with Gasteiger partial charge in [0.2, 0.25) is 6.29 Å². The Labute approximate surface area is 199 Å². The number of ketones is 1. The Morgan fingerprint density at radius 2 is 1.33 bits per heavy atom. The van der Waals surface area contributed by atoms with Crippen molar-refractivity contribution in [3.8, 4) is 0 Å². The first-order valence-corrected chi connectivity index (χ1v) is 12.2. The van der Waals surface area contributed by atoms with Gasteiger partial charge in [0.05, 0.1) is 5.41 Å². The minimum atomic E-state index is -1.14. The van der Waals surface area contributed by atoms with E-state index < -0.39 is 5.41 Å². The van der Waals surface area contributed by atoms with Gasteiger partial charge in [-0.2, -0.15) is 0 Å². The van der Waals surface area contributed by atoms with Crippen molar-refractivity contribution in [3.05, 3.63) is 108 Å². The minimum Gasteiger partial charge on any atom is -0.298 e. The second-order valence-corrected chi connectivity index (χ2v) is 9.08. The number of carbonyl (C=O) groups excluding carboxylic acids is 2. The average molecular weight is 440 g/mol. The monoisotopic (exact) mass is 439 g/mol. The lowest BCUT2D eigenvalue weighted by Gasteiger charge is -2.31. The summed E-state index contributed by atoms with van der Waals surface area (Å²) in [7, 11) is 0. The normalized spacial score (nSPS) is 13.7. The highest BCUT2D eigenvalue weighted by Crippen LogP contribution is 2.34. The molecule has 3 rings (SSSR count). The number of hydrogen-bond donors (Lipinski definition) is 0. The highest BCUT2D eigenvalue weighted by molar-refractivity contribution is 6.00. The third-order valence-corrected chi connectivity index (χ3v) is 6.55. The molecule has 171 valence electrons. The summed E-state index contributed by atoms with van der Waals surface area (Å²) in [6.45, 7) is 2.17. The van der Waals surface area contributed by atoms with E-state index in [1.165, 1.54) is 0 Å². The Bertz CT molecular complexity index is 966. The first-order chi connectivity index (χ1) is 16.2. The second kappa shape index (κ2) is 12.9. The van der Waals surface area contributed by atoms with Gasteiger partial charge in [0.15, 0.2) is 5.78 Å². The summed E-state index contributed by atoms with van der Waals surface area (Å²) in [6.07, 6.45) is 8.54.